The van der Waals surface area contributed by atoms with Crippen molar-refractivity contribution in [1.82, 2.24) is 4.57 Å². The molecule has 0 aliphatic rings. The number of halogens is 2. The zero-order valence-corrected chi connectivity index (χ0v) is 12.9. The van der Waals surface area contributed by atoms with Crippen molar-refractivity contribution in [2.24, 2.45) is 0 Å². The van der Waals surface area contributed by atoms with Crippen LogP contribution in [0.1, 0.15) is 21.7 Å². The molecule has 0 aliphatic carbocycles. The van der Waals surface area contributed by atoms with Gasteiger partial charge in [-0.25, -0.2) is 0 Å². The summed E-state index contributed by atoms with van der Waals surface area (Å²) in [6.07, 6.45) is 1.61. The van der Waals surface area contributed by atoms with Gasteiger partial charge in [0.2, 0.25) is 0 Å². The first kappa shape index (κ1) is 14.4. The van der Waals surface area contributed by atoms with Crippen LogP contribution in [0.15, 0.2) is 33.6 Å². The van der Waals surface area contributed by atoms with E-state index in [9.17, 15) is 4.79 Å². The molecule has 0 saturated heterocycles. The third kappa shape index (κ3) is 3.30. The van der Waals surface area contributed by atoms with Crippen LogP contribution in [-0.4, -0.2) is 4.57 Å². The summed E-state index contributed by atoms with van der Waals surface area (Å²) in [6, 6.07) is 8.04. The molecule has 1 aromatic heterocycles. The summed E-state index contributed by atoms with van der Waals surface area (Å²) >= 11 is 12.5. The van der Waals surface area contributed by atoms with E-state index in [1.165, 1.54) is 5.56 Å². The van der Waals surface area contributed by atoms with Gasteiger partial charge in [0.1, 0.15) is 4.49 Å². The zero-order chi connectivity index (χ0) is 14.0. The summed E-state index contributed by atoms with van der Waals surface area (Å²) in [5.41, 5.74) is 3.20. The molecule has 0 N–H and O–H groups in total. The normalized spacial score (nSPS) is 10.5. The highest BCUT2D eigenvalue weighted by Crippen LogP contribution is 2.20. The van der Waals surface area contributed by atoms with Gasteiger partial charge >= 0.3 is 4.87 Å². The van der Waals surface area contributed by atoms with Crippen molar-refractivity contribution in [2.75, 3.05) is 0 Å². The number of thiazole rings is 1. The molecule has 0 radical (unpaired) electrons. The predicted molar refractivity (Wildman–Crippen MR) is 83.3 cm³/mol. The average Bonchev–Trinajstić information content (AvgIpc) is 2.59. The molecule has 1 heterocycles. The van der Waals surface area contributed by atoms with Crippen molar-refractivity contribution >= 4 is 40.6 Å². The van der Waals surface area contributed by atoms with Gasteiger partial charge < -0.3 is 0 Å². The number of hydrogen-bond acceptors (Lipinski definition) is 2. The Balaban J connectivity index is 2.42. The summed E-state index contributed by atoms with van der Waals surface area (Å²) in [6.45, 7) is 4.51. The van der Waals surface area contributed by atoms with Crippen molar-refractivity contribution in [1.29, 1.82) is 0 Å². The molecule has 0 spiro atoms. The van der Waals surface area contributed by atoms with E-state index in [2.05, 4.69) is 0 Å². The minimum absolute atomic E-state index is 0.00147. The Kier molecular flexibility index (Phi) is 4.50. The van der Waals surface area contributed by atoms with E-state index in [0.717, 1.165) is 27.5 Å². The third-order valence-corrected chi connectivity index (χ3v) is 4.26. The molecule has 0 amide bonds. The molecule has 0 atom stereocenters. The largest absolute Gasteiger partial charge is 0.308 e. The van der Waals surface area contributed by atoms with Gasteiger partial charge in [-0.1, -0.05) is 58.8 Å². The summed E-state index contributed by atoms with van der Waals surface area (Å²) in [5.74, 6) is 0. The van der Waals surface area contributed by atoms with Crippen LogP contribution in [0, 0.1) is 13.8 Å². The Bertz CT molecular complexity index is 681. The van der Waals surface area contributed by atoms with Crippen LogP contribution < -0.4 is 4.87 Å². The summed E-state index contributed by atoms with van der Waals surface area (Å²) in [7, 11) is 0. The third-order valence-electron chi connectivity index (χ3n) is 3.01. The van der Waals surface area contributed by atoms with Gasteiger partial charge in [0.05, 0.1) is 11.4 Å². The average molecular weight is 314 g/mol. The molecule has 100 valence electrons. The predicted octanol–water partition coefficient (Wildman–Crippen LogP) is 4.35. The lowest BCUT2D eigenvalue weighted by atomic mass is 10.1. The number of nitrogens with zero attached hydrogens (tertiary/aromatic N) is 1. The lowest BCUT2D eigenvalue weighted by molar-refractivity contribution is 0.750. The van der Waals surface area contributed by atoms with E-state index >= 15 is 0 Å². The maximum atomic E-state index is 12.0. The van der Waals surface area contributed by atoms with Crippen molar-refractivity contribution in [3.05, 3.63) is 60.1 Å². The second kappa shape index (κ2) is 5.95. The Morgan fingerprint density at radius 2 is 2.00 bits per heavy atom. The Labute approximate surface area is 125 Å². The molecular weight excluding hydrogens is 301 g/mol. The van der Waals surface area contributed by atoms with Crippen LogP contribution >= 0.6 is 34.5 Å². The molecule has 0 bridgehead atoms. The van der Waals surface area contributed by atoms with Crippen molar-refractivity contribution in [3.63, 3.8) is 0 Å². The molecule has 0 aliphatic heterocycles. The summed E-state index contributed by atoms with van der Waals surface area (Å²) in [4.78, 5) is 12.8. The van der Waals surface area contributed by atoms with Crippen molar-refractivity contribution < 1.29 is 0 Å². The molecule has 0 fully saturated rings. The lowest BCUT2D eigenvalue weighted by Gasteiger charge is -2.08. The highest BCUT2D eigenvalue weighted by atomic mass is 35.5. The van der Waals surface area contributed by atoms with Gasteiger partial charge in [-0.3, -0.25) is 9.36 Å². The van der Waals surface area contributed by atoms with E-state index in [4.69, 9.17) is 23.2 Å². The first-order chi connectivity index (χ1) is 8.99. The monoisotopic (exact) mass is 313 g/mol. The smallest absolute Gasteiger partial charge is 0.298 e. The minimum Gasteiger partial charge on any atom is -0.298 e. The van der Waals surface area contributed by atoms with Crippen LogP contribution in [-0.2, 0) is 6.54 Å². The fourth-order valence-corrected chi connectivity index (χ4v) is 3.15. The molecule has 2 nitrogen and oxygen atoms in total. The first-order valence-corrected chi connectivity index (χ1v) is 7.33. The second-order valence-corrected chi connectivity index (χ2v) is 6.27. The Morgan fingerprint density at radius 3 is 2.63 bits per heavy atom. The first-order valence-electron chi connectivity index (χ1n) is 5.76. The van der Waals surface area contributed by atoms with E-state index in [1.807, 2.05) is 38.1 Å². The highest BCUT2D eigenvalue weighted by molar-refractivity contribution is 7.10. The molecule has 2 rings (SSSR count). The van der Waals surface area contributed by atoms with Gasteiger partial charge in [0, 0.05) is 5.69 Å². The summed E-state index contributed by atoms with van der Waals surface area (Å²) in [5, 5.41) is 0. The van der Waals surface area contributed by atoms with Crippen molar-refractivity contribution in [2.45, 2.75) is 20.4 Å². The maximum Gasteiger partial charge on any atom is 0.308 e. The lowest BCUT2D eigenvalue weighted by Crippen LogP contribution is -2.15. The molecule has 0 saturated carbocycles. The van der Waals surface area contributed by atoms with Crippen LogP contribution in [0.2, 0.25) is 0 Å². The Morgan fingerprint density at radius 1 is 1.32 bits per heavy atom. The zero-order valence-electron chi connectivity index (χ0n) is 10.6. The summed E-state index contributed by atoms with van der Waals surface area (Å²) < 4.78 is 1.91. The van der Waals surface area contributed by atoms with Crippen LogP contribution in [0.25, 0.3) is 6.08 Å². The topological polar surface area (TPSA) is 22.0 Å². The van der Waals surface area contributed by atoms with E-state index in [-0.39, 0.29) is 9.36 Å². The molecular formula is C14H13Cl2NOS. The second-order valence-electron chi connectivity index (χ2n) is 4.26. The van der Waals surface area contributed by atoms with Crippen LogP contribution in [0.3, 0.4) is 0 Å². The highest BCUT2D eigenvalue weighted by Gasteiger charge is 2.10. The quantitative estimate of drug-likeness (QED) is 0.825. The van der Waals surface area contributed by atoms with Gasteiger partial charge in [0.25, 0.3) is 0 Å². The number of hydrogen-bond donors (Lipinski definition) is 0. The maximum absolute atomic E-state index is 12.0. The number of benzene rings is 1. The fourth-order valence-electron chi connectivity index (χ4n) is 1.87. The fraction of sp³-hybridized carbons (Fsp3) is 0.214. The number of aryl methyl sites for hydroxylation is 1. The van der Waals surface area contributed by atoms with Gasteiger partial charge in [-0.15, -0.1) is 0 Å². The molecule has 0 unspecified atom stereocenters. The van der Waals surface area contributed by atoms with Crippen LogP contribution in [0.5, 0.6) is 0 Å². The minimum atomic E-state index is 0.00147. The van der Waals surface area contributed by atoms with E-state index < -0.39 is 0 Å². The van der Waals surface area contributed by atoms with Crippen LogP contribution in [0.4, 0.5) is 0 Å². The number of aromatic nitrogens is 1. The Hall–Kier alpha value is -1.03. The SMILES string of the molecule is Cc1ccccc1Cn1c(C)c(C=C(Cl)Cl)sc1=O. The van der Waals surface area contributed by atoms with Gasteiger partial charge in [-0.05, 0) is 31.1 Å². The van der Waals surface area contributed by atoms with Gasteiger partial charge in [0.15, 0.2) is 0 Å². The molecule has 5 heteroatoms. The molecule has 2 aromatic rings. The van der Waals surface area contributed by atoms with Gasteiger partial charge in [-0.2, -0.15) is 0 Å². The van der Waals surface area contributed by atoms with E-state index in [0.29, 0.717) is 6.54 Å². The van der Waals surface area contributed by atoms with Crippen molar-refractivity contribution in [3.8, 4) is 0 Å². The number of rotatable bonds is 3. The molecule has 19 heavy (non-hydrogen) atoms. The standard InChI is InChI=1S/C14H13Cl2NOS/c1-9-5-3-4-6-11(9)8-17-10(2)12(7-13(15)16)19-14(17)18/h3-7H,8H2,1-2H3. The van der Waals surface area contributed by atoms with E-state index in [1.54, 1.807) is 10.6 Å². The molecule has 1 aromatic carbocycles.